The highest BCUT2D eigenvalue weighted by molar-refractivity contribution is 7.99. The second-order valence-electron chi connectivity index (χ2n) is 6.83. The van der Waals surface area contributed by atoms with E-state index in [4.69, 9.17) is 20.8 Å². The summed E-state index contributed by atoms with van der Waals surface area (Å²) in [5, 5.41) is 11.4. The molecule has 1 amide bonds. The van der Waals surface area contributed by atoms with Gasteiger partial charge in [-0.2, -0.15) is 0 Å². The topological polar surface area (TPSA) is 94.3 Å². The molecule has 4 rings (SSSR count). The minimum atomic E-state index is -0.328. The van der Waals surface area contributed by atoms with Crippen molar-refractivity contribution in [1.82, 2.24) is 10.2 Å². The number of carbonyl (C=O) groups is 2. The normalized spacial score (nSPS) is 10.6. The SMILES string of the molecule is COc1cccc(-c2nnc(SCC(=O)Nc3ccc(Cl)cc3C(=O)c3ccccc3)o2)c1. The van der Waals surface area contributed by atoms with Gasteiger partial charge < -0.3 is 14.5 Å². The van der Waals surface area contributed by atoms with Crippen molar-refractivity contribution in [1.29, 1.82) is 0 Å². The summed E-state index contributed by atoms with van der Waals surface area (Å²) in [6, 6.07) is 20.8. The van der Waals surface area contributed by atoms with Crippen LogP contribution in [-0.4, -0.2) is 34.8 Å². The lowest BCUT2D eigenvalue weighted by atomic mass is 10.0. The zero-order chi connectivity index (χ0) is 23.2. The molecule has 4 aromatic rings. The van der Waals surface area contributed by atoms with E-state index in [1.54, 1.807) is 49.6 Å². The number of rotatable bonds is 8. The van der Waals surface area contributed by atoms with Crippen molar-refractivity contribution in [2.24, 2.45) is 0 Å². The predicted octanol–water partition coefficient (Wildman–Crippen LogP) is 5.36. The summed E-state index contributed by atoms with van der Waals surface area (Å²) in [6.07, 6.45) is 0. The highest BCUT2D eigenvalue weighted by atomic mass is 35.5. The number of carbonyl (C=O) groups excluding carboxylic acids is 2. The van der Waals surface area contributed by atoms with Crippen LogP contribution in [0.4, 0.5) is 5.69 Å². The van der Waals surface area contributed by atoms with E-state index in [2.05, 4.69) is 15.5 Å². The van der Waals surface area contributed by atoms with Gasteiger partial charge in [-0.25, -0.2) is 0 Å². The molecule has 0 bridgehead atoms. The van der Waals surface area contributed by atoms with Crippen molar-refractivity contribution < 1.29 is 18.7 Å². The number of hydrogen-bond donors (Lipinski definition) is 1. The first-order valence-electron chi connectivity index (χ1n) is 9.83. The molecule has 1 heterocycles. The number of aromatic nitrogens is 2. The number of benzene rings is 3. The fraction of sp³-hybridized carbons (Fsp3) is 0.0833. The van der Waals surface area contributed by atoms with Gasteiger partial charge in [-0.3, -0.25) is 9.59 Å². The number of ketones is 1. The Bertz CT molecular complexity index is 1290. The van der Waals surface area contributed by atoms with E-state index in [0.717, 1.165) is 11.8 Å². The second-order valence-corrected chi connectivity index (χ2v) is 8.19. The molecule has 0 radical (unpaired) electrons. The highest BCUT2D eigenvalue weighted by Gasteiger charge is 2.17. The number of nitrogens with zero attached hydrogens (tertiary/aromatic N) is 2. The fourth-order valence-corrected chi connectivity index (χ4v) is 3.75. The standard InChI is InChI=1S/C24H18ClN3O4S/c1-31-18-9-5-8-16(12-18)23-27-28-24(32-23)33-14-21(29)26-20-11-10-17(25)13-19(20)22(30)15-6-3-2-4-7-15/h2-13H,14H2,1H3,(H,26,29). The van der Waals surface area contributed by atoms with Gasteiger partial charge in [0.1, 0.15) is 5.75 Å². The van der Waals surface area contributed by atoms with E-state index in [9.17, 15) is 9.59 Å². The average Bonchev–Trinajstić information content (AvgIpc) is 3.33. The minimum Gasteiger partial charge on any atom is -0.497 e. The van der Waals surface area contributed by atoms with E-state index >= 15 is 0 Å². The highest BCUT2D eigenvalue weighted by Crippen LogP contribution is 2.27. The van der Waals surface area contributed by atoms with Crippen LogP contribution in [-0.2, 0) is 4.79 Å². The largest absolute Gasteiger partial charge is 0.497 e. The van der Waals surface area contributed by atoms with Gasteiger partial charge in [-0.05, 0) is 36.4 Å². The molecule has 0 aliphatic rings. The first kappa shape index (κ1) is 22.6. The van der Waals surface area contributed by atoms with Crippen molar-refractivity contribution in [2.45, 2.75) is 5.22 Å². The maximum atomic E-state index is 12.9. The Morgan fingerprint density at radius 3 is 2.64 bits per heavy atom. The van der Waals surface area contributed by atoms with Crippen LogP contribution in [0.25, 0.3) is 11.5 Å². The maximum absolute atomic E-state index is 12.9. The van der Waals surface area contributed by atoms with Gasteiger partial charge in [0, 0.05) is 21.7 Å². The van der Waals surface area contributed by atoms with Crippen molar-refractivity contribution in [3.8, 4) is 17.2 Å². The molecule has 0 atom stereocenters. The van der Waals surface area contributed by atoms with Crippen LogP contribution >= 0.6 is 23.4 Å². The van der Waals surface area contributed by atoms with Crippen LogP contribution in [0.2, 0.25) is 5.02 Å². The maximum Gasteiger partial charge on any atom is 0.277 e. The summed E-state index contributed by atoms with van der Waals surface area (Å²) in [5.74, 6) is 0.446. The molecule has 1 aromatic heterocycles. The van der Waals surface area contributed by atoms with Gasteiger partial charge in [0.25, 0.3) is 5.22 Å². The van der Waals surface area contributed by atoms with E-state index in [1.165, 1.54) is 6.07 Å². The number of thioether (sulfide) groups is 1. The Morgan fingerprint density at radius 1 is 1.03 bits per heavy atom. The molecule has 7 nitrogen and oxygen atoms in total. The Morgan fingerprint density at radius 2 is 1.85 bits per heavy atom. The third-order valence-corrected chi connectivity index (χ3v) is 5.64. The van der Waals surface area contributed by atoms with Crippen LogP contribution in [0, 0.1) is 0 Å². The summed E-state index contributed by atoms with van der Waals surface area (Å²) >= 11 is 7.19. The molecule has 33 heavy (non-hydrogen) atoms. The minimum absolute atomic E-state index is 0.0152. The zero-order valence-corrected chi connectivity index (χ0v) is 19.0. The van der Waals surface area contributed by atoms with Crippen molar-refractivity contribution >= 4 is 40.7 Å². The van der Waals surface area contributed by atoms with Gasteiger partial charge >= 0.3 is 0 Å². The lowest BCUT2D eigenvalue weighted by Crippen LogP contribution is -2.17. The third-order valence-electron chi connectivity index (χ3n) is 4.59. The quantitative estimate of drug-likeness (QED) is 0.268. The van der Waals surface area contributed by atoms with Crippen LogP contribution in [0.1, 0.15) is 15.9 Å². The summed E-state index contributed by atoms with van der Waals surface area (Å²) in [5.41, 5.74) is 1.90. The smallest absolute Gasteiger partial charge is 0.277 e. The number of ether oxygens (including phenoxy) is 1. The van der Waals surface area contributed by atoms with Crippen molar-refractivity contribution in [3.63, 3.8) is 0 Å². The van der Waals surface area contributed by atoms with Crippen LogP contribution < -0.4 is 10.1 Å². The second kappa shape index (κ2) is 10.3. The summed E-state index contributed by atoms with van der Waals surface area (Å²) in [4.78, 5) is 25.5. The molecule has 0 fully saturated rings. The number of nitrogens with one attached hydrogen (secondary N) is 1. The van der Waals surface area contributed by atoms with E-state index in [1.807, 2.05) is 24.3 Å². The summed E-state index contributed by atoms with van der Waals surface area (Å²) in [6.45, 7) is 0. The van der Waals surface area contributed by atoms with Gasteiger partial charge in [-0.1, -0.05) is 59.8 Å². The summed E-state index contributed by atoms with van der Waals surface area (Å²) < 4.78 is 10.8. The Balaban J connectivity index is 1.43. The van der Waals surface area contributed by atoms with E-state index < -0.39 is 0 Å². The lowest BCUT2D eigenvalue weighted by molar-refractivity contribution is -0.113. The van der Waals surface area contributed by atoms with Crippen molar-refractivity contribution in [2.75, 3.05) is 18.2 Å². The van der Waals surface area contributed by atoms with Crippen LogP contribution in [0.3, 0.4) is 0 Å². The third kappa shape index (κ3) is 5.60. The van der Waals surface area contributed by atoms with Crippen molar-refractivity contribution in [3.05, 3.63) is 88.9 Å². The molecular weight excluding hydrogens is 462 g/mol. The first-order chi connectivity index (χ1) is 16.0. The molecule has 0 aliphatic heterocycles. The van der Waals surface area contributed by atoms with Gasteiger partial charge in [-0.15, -0.1) is 10.2 Å². The number of methoxy groups -OCH3 is 1. The lowest BCUT2D eigenvalue weighted by Gasteiger charge is -2.11. The first-order valence-corrected chi connectivity index (χ1v) is 11.2. The zero-order valence-electron chi connectivity index (χ0n) is 17.4. The predicted molar refractivity (Wildman–Crippen MR) is 127 cm³/mol. The van der Waals surface area contributed by atoms with Crippen LogP contribution in [0.5, 0.6) is 5.75 Å². The Kier molecular flexibility index (Phi) is 7.07. The van der Waals surface area contributed by atoms with E-state index in [-0.39, 0.29) is 22.7 Å². The molecule has 3 aromatic carbocycles. The number of amides is 1. The molecule has 1 N–H and O–H groups in total. The summed E-state index contributed by atoms with van der Waals surface area (Å²) in [7, 11) is 1.58. The molecular formula is C24H18ClN3O4S. The van der Waals surface area contributed by atoms with Gasteiger partial charge in [0.15, 0.2) is 5.78 Å². The molecule has 0 saturated heterocycles. The number of anilines is 1. The van der Waals surface area contributed by atoms with Gasteiger partial charge in [0.05, 0.1) is 18.6 Å². The van der Waals surface area contributed by atoms with Gasteiger partial charge in [0.2, 0.25) is 11.8 Å². The molecule has 0 unspecified atom stereocenters. The molecule has 9 heteroatoms. The fourth-order valence-electron chi connectivity index (χ4n) is 3.01. The molecule has 0 spiro atoms. The van der Waals surface area contributed by atoms with Crippen LogP contribution in [0.15, 0.2) is 82.4 Å². The Labute approximate surface area is 199 Å². The Hall–Kier alpha value is -3.62. The number of hydrogen-bond acceptors (Lipinski definition) is 7. The molecule has 0 saturated carbocycles. The monoisotopic (exact) mass is 479 g/mol. The molecule has 166 valence electrons. The average molecular weight is 480 g/mol. The molecule has 0 aliphatic carbocycles. The number of halogens is 1. The van der Waals surface area contributed by atoms with E-state index in [0.29, 0.717) is 39.0 Å².